The Morgan fingerprint density at radius 1 is 1.11 bits per heavy atom. The van der Waals surface area contributed by atoms with Gasteiger partial charge in [-0.15, -0.1) is 0 Å². The summed E-state index contributed by atoms with van der Waals surface area (Å²) in [5, 5.41) is 5.40. The largest absolute Gasteiger partial charge is 0.417 e. The maximum atomic E-state index is 13.7. The van der Waals surface area contributed by atoms with Crippen LogP contribution in [-0.2, 0) is 20.6 Å². The highest BCUT2D eigenvalue weighted by atomic mass is 19.4. The van der Waals surface area contributed by atoms with Crippen molar-refractivity contribution in [1.29, 1.82) is 0 Å². The molecule has 2 aliphatic rings. The van der Waals surface area contributed by atoms with E-state index in [0.717, 1.165) is 57.1 Å². The summed E-state index contributed by atoms with van der Waals surface area (Å²) >= 11 is 0. The van der Waals surface area contributed by atoms with Crippen LogP contribution >= 0.6 is 0 Å². The standard InChI is InChI=1S/C25H31F3N4O3/c26-25(27,28)20-11-4-3-10-19(20)22(30-16-6-1-2-7-16)15-21(29)24(35)32-18(12-13-33)14-23(34)31-17-8-5-9-17/h3-4,10-11,13,15-18H,1-2,5-9,12,14,29H2,(H,31,34)(H,32,35). The fraction of sp³-hybridized carbons (Fsp3) is 0.520. The number of benzene rings is 1. The molecule has 0 spiro atoms. The van der Waals surface area contributed by atoms with E-state index in [4.69, 9.17) is 5.73 Å². The van der Waals surface area contributed by atoms with Gasteiger partial charge in [0.05, 0.1) is 23.0 Å². The number of rotatable bonds is 10. The molecule has 0 aliphatic heterocycles. The van der Waals surface area contributed by atoms with Crippen LogP contribution in [0.5, 0.6) is 0 Å². The Bertz CT molecular complexity index is 980. The molecule has 10 heteroatoms. The van der Waals surface area contributed by atoms with Gasteiger partial charge in [-0.2, -0.15) is 13.2 Å². The first-order valence-electron chi connectivity index (χ1n) is 11.9. The number of aldehydes is 1. The normalized spacial score (nSPS) is 18.6. The first-order valence-corrected chi connectivity index (χ1v) is 11.9. The van der Waals surface area contributed by atoms with Crippen molar-refractivity contribution in [3.05, 3.63) is 47.2 Å². The highest BCUT2D eigenvalue weighted by molar-refractivity contribution is 6.13. The first-order chi connectivity index (χ1) is 16.7. The van der Waals surface area contributed by atoms with Gasteiger partial charge in [0.15, 0.2) is 0 Å². The van der Waals surface area contributed by atoms with Gasteiger partial charge in [0.25, 0.3) is 5.91 Å². The zero-order chi connectivity index (χ0) is 25.4. The van der Waals surface area contributed by atoms with Crippen LogP contribution in [0.15, 0.2) is 41.0 Å². The number of nitrogens with zero attached hydrogens (tertiary/aromatic N) is 1. The van der Waals surface area contributed by atoms with Crippen LogP contribution < -0.4 is 16.4 Å². The first kappa shape index (κ1) is 26.4. The number of carbonyl (C=O) groups is 3. The molecule has 2 amide bonds. The highest BCUT2D eigenvalue weighted by Gasteiger charge is 2.34. The summed E-state index contributed by atoms with van der Waals surface area (Å²) in [6.07, 6.45) is 3.11. The second-order valence-electron chi connectivity index (χ2n) is 9.07. The van der Waals surface area contributed by atoms with Crippen molar-refractivity contribution in [2.24, 2.45) is 10.7 Å². The average molecular weight is 493 g/mol. The molecule has 7 nitrogen and oxygen atoms in total. The van der Waals surface area contributed by atoms with E-state index in [0.29, 0.717) is 6.29 Å². The van der Waals surface area contributed by atoms with Gasteiger partial charge in [0.2, 0.25) is 5.91 Å². The number of amides is 2. The van der Waals surface area contributed by atoms with Crippen LogP contribution in [0.2, 0.25) is 0 Å². The van der Waals surface area contributed by atoms with Crippen LogP contribution in [0.3, 0.4) is 0 Å². The van der Waals surface area contributed by atoms with Crippen molar-refractivity contribution < 1.29 is 27.6 Å². The Kier molecular flexibility index (Phi) is 9.06. The lowest BCUT2D eigenvalue weighted by Gasteiger charge is -2.27. The summed E-state index contributed by atoms with van der Waals surface area (Å²) in [5.41, 5.74) is 4.57. The molecule has 190 valence electrons. The topological polar surface area (TPSA) is 114 Å². The smallest absolute Gasteiger partial charge is 0.394 e. The zero-order valence-corrected chi connectivity index (χ0v) is 19.4. The number of nitrogens with one attached hydrogen (secondary N) is 2. The van der Waals surface area contributed by atoms with Gasteiger partial charge in [-0.3, -0.25) is 14.6 Å². The van der Waals surface area contributed by atoms with Crippen molar-refractivity contribution in [2.45, 2.75) is 82.1 Å². The average Bonchev–Trinajstić information content (AvgIpc) is 3.28. The molecule has 35 heavy (non-hydrogen) atoms. The number of hydrogen-bond acceptors (Lipinski definition) is 5. The molecule has 0 aromatic heterocycles. The van der Waals surface area contributed by atoms with Gasteiger partial charge in [0, 0.05) is 30.5 Å². The zero-order valence-electron chi connectivity index (χ0n) is 19.4. The molecule has 4 N–H and O–H groups in total. The number of nitrogens with two attached hydrogens (primary N) is 1. The van der Waals surface area contributed by atoms with Crippen LogP contribution in [0.1, 0.15) is 68.9 Å². The Morgan fingerprint density at radius 3 is 2.40 bits per heavy atom. The molecule has 0 saturated heterocycles. The van der Waals surface area contributed by atoms with Crippen LogP contribution in [0.4, 0.5) is 13.2 Å². The Hall–Kier alpha value is -3.17. The van der Waals surface area contributed by atoms with E-state index in [9.17, 15) is 27.6 Å². The summed E-state index contributed by atoms with van der Waals surface area (Å²) in [6, 6.07) is 4.20. The SMILES string of the molecule is NC(=CC(=NC1CCCC1)c1ccccc1C(F)(F)F)C(=O)NC(CC=O)CC(=O)NC1CCC1. The van der Waals surface area contributed by atoms with E-state index in [1.807, 2.05) is 0 Å². The molecular weight excluding hydrogens is 461 g/mol. The molecular formula is C25H31F3N4O3. The van der Waals surface area contributed by atoms with Crippen molar-refractivity contribution >= 4 is 23.8 Å². The third-order valence-corrected chi connectivity index (χ3v) is 6.33. The van der Waals surface area contributed by atoms with Gasteiger partial charge in [0.1, 0.15) is 6.29 Å². The quantitative estimate of drug-likeness (QED) is 0.264. The molecule has 0 bridgehead atoms. The lowest BCUT2D eigenvalue weighted by molar-refractivity contribution is -0.137. The summed E-state index contributed by atoms with van der Waals surface area (Å²) in [7, 11) is 0. The van der Waals surface area contributed by atoms with Crippen molar-refractivity contribution in [3.8, 4) is 0 Å². The molecule has 0 heterocycles. The van der Waals surface area contributed by atoms with Crippen molar-refractivity contribution in [3.63, 3.8) is 0 Å². The van der Waals surface area contributed by atoms with Gasteiger partial charge in [-0.1, -0.05) is 31.0 Å². The van der Waals surface area contributed by atoms with Crippen LogP contribution in [0.25, 0.3) is 0 Å². The summed E-state index contributed by atoms with van der Waals surface area (Å²) in [4.78, 5) is 40.6. The fourth-order valence-electron chi connectivity index (χ4n) is 4.22. The molecule has 2 saturated carbocycles. The van der Waals surface area contributed by atoms with Crippen LogP contribution in [0, 0.1) is 0 Å². The predicted octanol–water partition coefficient (Wildman–Crippen LogP) is 3.41. The Morgan fingerprint density at radius 2 is 1.80 bits per heavy atom. The summed E-state index contributed by atoms with van der Waals surface area (Å²) in [5.74, 6) is -1.07. The summed E-state index contributed by atoms with van der Waals surface area (Å²) in [6.45, 7) is 0. The number of hydrogen-bond donors (Lipinski definition) is 3. The monoisotopic (exact) mass is 492 g/mol. The molecule has 1 unspecified atom stereocenters. The fourth-order valence-corrected chi connectivity index (χ4v) is 4.22. The van der Waals surface area contributed by atoms with Crippen molar-refractivity contribution in [1.82, 2.24) is 10.6 Å². The maximum Gasteiger partial charge on any atom is 0.417 e. The number of allylic oxidation sites excluding steroid dienone is 1. The third-order valence-electron chi connectivity index (χ3n) is 6.33. The number of carbonyl (C=O) groups excluding carboxylic acids is 3. The van der Waals surface area contributed by atoms with E-state index in [1.165, 1.54) is 18.2 Å². The number of halogens is 3. The second kappa shape index (κ2) is 12.0. The third kappa shape index (κ3) is 7.66. The van der Waals surface area contributed by atoms with Gasteiger partial charge >= 0.3 is 6.18 Å². The van der Waals surface area contributed by atoms with E-state index >= 15 is 0 Å². The molecule has 1 aromatic carbocycles. The molecule has 2 fully saturated rings. The predicted molar refractivity (Wildman–Crippen MR) is 126 cm³/mol. The van der Waals surface area contributed by atoms with Crippen molar-refractivity contribution in [2.75, 3.05) is 0 Å². The van der Waals surface area contributed by atoms with Gasteiger partial charge < -0.3 is 21.2 Å². The van der Waals surface area contributed by atoms with Gasteiger partial charge in [-0.05, 0) is 44.2 Å². The Labute approximate surface area is 202 Å². The number of aliphatic imine (C=N–C) groups is 1. The van der Waals surface area contributed by atoms with E-state index in [1.54, 1.807) is 0 Å². The lowest BCUT2D eigenvalue weighted by atomic mass is 9.93. The second-order valence-corrected chi connectivity index (χ2v) is 9.07. The lowest BCUT2D eigenvalue weighted by Crippen LogP contribution is -2.45. The molecule has 1 aromatic rings. The summed E-state index contributed by atoms with van der Waals surface area (Å²) < 4.78 is 41.0. The minimum absolute atomic E-state index is 0.0212. The minimum Gasteiger partial charge on any atom is -0.394 e. The van der Waals surface area contributed by atoms with Gasteiger partial charge in [-0.25, -0.2) is 0 Å². The highest BCUT2D eigenvalue weighted by Crippen LogP contribution is 2.33. The molecule has 1 atom stereocenters. The molecule has 3 rings (SSSR count). The van der Waals surface area contributed by atoms with Crippen LogP contribution in [-0.4, -0.2) is 41.9 Å². The number of alkyl halides is 3. The van der Waals surface area contributed by atoms with E-state index < -0.39 is 23.7 Å². The molecule has 0 radical (unpaired) electrons. The van der Waals surface area contributed by atoms with E-state index in [2.05, 4.69) is 15.6 Å². The molecule has 2 aliphatic carbocycles. The Balaban J connectivity index is 1.81. The minimum atomic E-state index is -4.61. The van der Waals surface area contributed by atoms with E-state index in [-0.39, 0.29) is 47.8 Å². The maximum absolute atomic E-state index is 13.7.